The van der Waals surface area contributed by atoms with Gasteiger partial charge in [-0.05, 0) is 12.5 Å². The van der Waals surface area contributed by atoms with E-state index < -0.39 is 0 Å². The molecule has 8 heteroatoms. The molecule has 2 amide bonds. The Morgan fingerprint density at radius 2 is 1.96 bits per heavy atom. The number of rotatable bonds is 6. The molecule has 0 aliphatic carbocycles. The van der Waals surface area contributed by atoms with E-state index in [1.807, 2.05) is 50.5 Å². The van der Waals surface area contributed by atoms with Crippen molar-refractivity contribution in [2.75, 3.05) is 0 Å². The van der Waals surface area contributed by atoms with Gasteiger partial charge in [-0.3, -0.25) is 9.36 Å². The van der Waals surface area contributed by atoms with Gasteiger partial charge < -0.3 is 10.6 Å². The van der Waals surface area contributed by atoms with Crippen LogP contribution in [0.2, 0.25) is 0 Å². The lowest BCUT2D eigenvalue weighted by atomic mass is 10.1. The summed E-state index contributed by atoms with van der Waals surface area (Å²) in [5.74, 6) is 0. The van der Waals surface area contributed by atoms with Crippen LogP contribution in [0.3, 0.4) is 0 Å². The molecule has 0 radical (unpaired) electrons. The predicted molar refractivity (Wildman–Crippen MR) is 92.5 cm³/mol. The second-order valence-corrected chi connectivity index (χ2v) is 5.87. The summed E-state index contributed by atoms with van der Waals surface area (Å²) in [6.07, 6.45) is 6.74. The van der Waals surface area contributed by atoms with Crippen LogP contribution in [-0.4, -0.2) is 30.6 Å². The van der Waals surface area contributed by atoms with Gasteiger partial charge in [-0.25, -0.2) is 9.78 Å². The highest BCUT2D eigenvalue weighted by atomic mass is 16.2. The normalized spacial score (nSPS) is 13.2. The second kappa shape index (κ2) is 7.61. The summed E-state index contributed by atoms with van der Waals surface area (Å²) in [5.41, 5.74) is 1.95. The largest absolute Gasteiger partial charge is 0.332 e. The number of carbonyl (C=O) groups is 1. The van der Waals surface area contributed by atoms with Gasteiger partial charge in [0.15, 0.2) is 0 Å². The molecule has 0 bridgehead atoms. The number of aromatic nitrogens is 5. The minimum Gasteiger partial charge on any atom is -0.332 e. The van der Waals surface area contributed by atoms with Gasteiger partial charge in [-0.1, -0.05) is 30.3 Å². The molecule has 3 aromatic rings. The summed E-state index contributed by atoms with van der Waals surface area (Å²) in [6, 6.07) is 9.19. The van der Waals surface area contributed by atoms with Crippen molar-refractivity contribution in [1.82, 2.24) is 35.2 Å². The number of nitrogens with zero attached hydrogens (tertiary/aromatic N) is 5. The van der Waals surface area contributed by atoms with Gasteiger partial charge >= 0.3 is 6.03 Å². The molecule has 0 spiro atoms. The average Bonchev–Trinajstić information content (AvgIpc) is 3.26. The Balaban J connectivity index is 1.67. The highest BCUT2D eigenvalue weighted by Crippen LogP contribution is 2.15. The first-order valence-corrected chi connectivity index (χ1v) is 8.05. The van der Waals surface area contributed by atoms with Crippen molar-refractivity contribution in [3.63, 3.8) is 0 Å². The van der Waals surface area contributed by atoms with Crippen LogP contribution in [0, 0.1) is 0 Å². The quantitative estimate of drug-likeness (QED) is 0.717. The van der Waals surface area contributed by atoms with E-state index in [-0.39, 0.29) is 18.1 Å². The first-order valence-electron chi connectivity index (χ1n) is 8.05. The lowest BCUT2D eigenvalue weighted by Gasteiger charge is -2.21. The molecule has 2 N–H and O–H groups in total. The fourth-order valence-electron chi connectivity index (χ4n) is 2.58. The molecule has 2 atom stereocenters. The van der Waals surface area contributed by atoms with Gasteiger partial charge in [0.1, 0.15) is 12.7 Å². The first-order chi connectivity index (χ1) is 12.1. The molecule has 3 rings (SSSR count). The molecule has 0 aliphatic rings. The highest BCUT2D eigenvalue weighted by Gasteiger charge is 2.17. The number of aryl methyl sites for hydroxylation is 1. The van der Waals surface area contributed by atoms with Crippen LogP contribution in [-0.2, 0) is 13.6 Å². The van der Waals surface area contributed by atoms with Gasteiger partial charge in [0.25, 0.3) is 0 Å². The number of hydrogen-bond donors (Lipinski definition) is 2. The lowest BCUT2D eigenvalue weighted by Crippen LogP contribution is -2.40. The van der Waals surface area contributed by atoms with Gasteiger partial charge in [-0.2, -0.15) is 10.2 Å². The fraction of sp³-hybridized carbons (Fsp3) is 0.294. The molecule has 0 fully saturated rings. The summed E-state index contributed by atoms with van der Waals surface area (Å²) < 4.78 is 3.41. The Labute approximate surface area is 145 Å². The highest BCUT2D eigenvalue weighted by molar-refractivity contribution is 5.75. The van der Waals surface area contributed by atoms with E-state index in [0.717, 1.165) is 11.1 Å². The number of hydrogen-bond acceptors (Lipinski definition) is 4. The van der Waals surface area contributed by atoms with E-state index in [2.05, 4.69) is 25.8 Å². The van der Waals surface area contributed by atoms with E-state index in [0.29, 0.717) is 6.54 Å². The molecule has 130 valence electrons. The monoisotopic (exact) mass is 339 g/mol. The molecule has 25 heavy (non-hydrogen) atoms. The van der Waals surface area contributed by atoms with E-state index in [9.17, 15) is 4.79 Å². The van der Waals surface area contributed by atoms with E-state index in [4.69, 9.17) is 0 Å². The van der Waals surface area contributed by atoms with Gasteiger partial charge in [0.2, 0.25) is 0 Å². The number of benzene rings is 1. The molecule has 1 aromatic carbocycles. The first kappa shape index (κ1) is 16.7. The standard InChI is InChI=1S/C17H21N7O/c1-13(15-8-19-23(2)9-15)21-17(25)22-16(10-24-12-18-11-20-24)14-6-4-3-5-7-14/h3-9,11-13,16H,10H2,1-2H3,(H2,21,22,25)/t13-,16-/m0/s1. The maximum absolute atomic E-state index is 12.5. The van der Waals surface area contributed by atoms with Crippen LogP contribution in [0.4, 0.5) is 4.79 Å². The number of nitrogens with one attached hydrogen (secondary N) is 2. The van der Waals surface area contributed by atoms with Crippen molar-refractivity contribution < 1.29 is 4.79 Å². The van der Waals surface area contributed by atoms with Crippen molar-refractivity contribution in [2.24, 2.45) is 7.05 Å². The van der Waals surface area contributed by atoms with Crippen LogP contribution in [0.5, 0.6) is 0 Å². The van der Waals surface area contributed by atoms with Crippen LogP contribution in [0.25, 0.3) is 0 Å². The maximum atomic E-state index is 12.5. The SMILES string of the molecule is C[C@H](NC(=O)N[C@@H](Cn1cncn1)c1ccccc1)c1cnn(C)c1. The van der Waals surface area contributed by atoms with Crippen molar-refractivity contribution in [3.05, 3.63) is 66.5 Å². The Morgan fingerprint density at radius 1 is 1.16 bits per heavy atom. The predicted octanol–water partition coefficient (Wildman–Crippen LogP) is 1.81. The Kier molecular flexibility index (Phi) is 5.08. The van der Waals surface area contributed by atoms with Gasteiger partial charge in [0.05, 0.1) is 24.8 Å². The molecule has 2 aromatic heterocycles. The minimum absolute atomic E-state index is 0.142. The van der Waals surface area contributed by atoms with Crippen molar-refractivity contribution in [1.29, 1.82) is 0 Å². The molecule has 0 aliphatic heterocycles. The number of carbonyl (C=O) groups excluding carboxylic acids is 1. The molecule has 0 unspecified atom stereocenters. The van der Waals surface area contributed by atoms with Crippen LogP contribution in [0.1, 0.15) is 30.1 Å². The average molecular weight is 339 g/mol. The summed E-state index contributed by atoms with van der Waals surface area (Å²) in [7, 11) is 1.85. The summed E-state index contributed by atoms with van der Waals surface area (Å²) >= 11 is 0. The Bertz CT molecular complexity index is 798. The minimum atomic E-state index is -0.245. The summed E-state index contributed by atoms with van der Waals surface area (Å²) in [6.45, 7) is 2.42. The zero-order chi connectivity index (χ0) is 17.6. The molecule has 0 saturated carbocycles. The fourth-order valence-corrected chi connectivity index (χ4v) is 2.58. The molecule has 8 nitrogen and oxygen atoms in total. The third-order valence-electron chi connectivity index (χ3n) is 3.92. The van der Waals surface area contributed by atoms with Crippen molar-refractivity contribution in [2.45, 2.75) is 25.6 Å². The zero-order valence-corrected chi connectivity index (χ0v) is 14.2. The lowest BCUT2D eigenvalue weighted by molar-refractivity contribution is 0.232. The van der Waals surface area contributed by atoms with Gasteiger partial charge in [-0.15, -0.1) is 0 Å². The topological polar surface area (TPSA) is 89.7 Å². The summed E-state index contributed by atoms with van der Waals surface area (Å²) in [4.78, 5) is 16.4. The molecular formula is C17H21N7O. The van der Waals surface area contributed by atoms with Crippen LogP contribution < -0.4 is 10.6 Å². The Morgan fingerprint density at radius 3 is 2.60 bits per heavy atom. The molecular weight excluding hydrogens is 318 g/mol. The molecule has 0 saturated heterocycles. The number of urea groups is 1. The smallest absolute Gasteiger partial charge is 0.315 e. The number of amides is 2. The van der Waals surface area contributed by atoms with Crippen LogP contribution >= 0.6 is 0 Å². The molecule has 2 heterocycles. The zero-order valence-electron chi connectivity index (χ0n) is 14.2. The van der Waals surface area contributed by atoms with Crippen molar-refractivity contribution in [3.8, 4) is 0 Å². The second-order valence-electron chi connectivity index (χ2n) is 5.87. The summed E-state index contributed by atoms with van der Waals surface area (Å²) in [5, 5.41) is 14.2. The van der Waals surface area contributed by atoms with Crippen molar-refractivity contribution >= 4 is 6.03 Å². The van der Waals surface area contributed by atoms with E-state index >= 15 is 0 Å². The third kappa shape index (κ3) is 4.43. The van der Waals surface area contributed by atoms with Crippen LogP contribution in [0.15, 0.2) is 55.4 Å². The van der Waals surface area contributed by atoms with E-state index in [1.54, 1.807) is 21.9 Å². The maximum Gasteiger partial charge on any atom is 0.315 e. The Hall–Kier alpha value is -3.16. The third-order valence-corrected chi connectivity index (χ3v) is 3.92. The van der Waals surface area contributed by atoms with E-state index in [1.165, 1.54) is 6.33 Å². The van der Waals surface area contributed by atoms with Gasteiger partial charge in [0, 0.05) is 18.8 Å².